The van der Waals surface area contributed by atoms with Gasteiger partial charge in [-0.05, 0) is 42.3 Å². The number of aliphatic hydroxyl groups is 1. The molecule has 2 aromatic rings. The van der Waals surface area contributed by atoms with E-state index >= 15 is 0 Å². The summed E-state index contributed by atoms with van der Waals surface area (Å²) < 4.78 is 30.4. The molecule has 0 saturated heterocycles. The van der Waals surface area contributed by atoms with Gasteiger partial charge in [0.2, 0.25) is 0 Å². The summed E-state index contributed by atoms with van der Waals surface area (Å²) in [5.74, 6) is 0.469. The van der Waals surface area contributed by atoms with Crippen LogP contribution in [0, 0.1) is 0 Å². The Morgan fingerprint density at radius 3 is 2.52 bits per heavy atom. The number of rotatable bonds is 10. The highest BCUT2D eigenvalue weighted by Gasteiger charge is 2.18. The Balaban J connectivity index is 2.09. The SMILES string of the molecule is COc1cccc(S(=O)(=O)CCN(CCCO)Cc2ccc(Cl)c(Cl)c2)c1. The van der Waals surface area contributed by atoms with E-state index in [1.54, 1.807) is 30.3 Å². The van der Waals surface area contributed by atoms with Gasteiger partial charge >= 0.3 is 0 Å². The maximum Gasteiger partial charge on any atom is 0.179 e. The molecule has 0 aromatic heterocycles. The molecule has 0 bridgehead atoms. The lowest BCUT2D eigenvalue weighted by atomic mass is 10.2. The molecule has 0 aliphatic carbocycles. The Bertz CT molecular complexity index is 859. The highest BCUT2D eigenvalue weighted by atomic mass is 35.5. The molecule has 0 aliphatic heterocycles. The Labute approximate surface area is 170 Å². The van der Waals surface area contributed by atoms with E-state index in [4.69, 9.17) is 33.0 Å². The quantitative estimate of drug-likeness (QED) is 0.621. The van der Waals surface area contributed by atoms with E-state index in [1.807, 2.05) is 11.0 Å². The minimum Gasteiger partial charge on any atom is -0.497 e. The van der Waals surface area contributed by atoms with Crippen LogP contribution in [0.2, 0.25) is 10.0 Å². The summed E-state index contributed by atoms with van der Waals surface area (Å²) in [7, 11) is -1.95. The molecule has 5 nitrogen and oxygen atoms in total. The average Bonchev–Trinajstić information content (AvgIpc) is 2.67. The van der Waals surface area contributed by atoms with E-state index < -0.39 is 9.84 Å². The zero-order valence-corrected chi connectivity index (χ0v) is 17.4. The van der Waals surface area contributed by atoms with Crippen molar-refractivity contribution < 1.29 is 18.3 Å². The lowest BCUT2D eigenvalue weighted by Gasteiger charge is -2.22. The molecule has 0 amide bonds. The van der Waals surface area contributed by atoms with Crippen molar-refractivity contribution in [3.63, 3.8) is 0 Å². The zero-order chi connectivity index (χ0) is 19.9. The van der Waals surface area contributed by atoms with E-state index in [1.165, 1.54) is 13.2 Å². The predicted octanol–water partition coefficient (Wildman–Crippen LogP) is 3.66. The first-order valence-electron chi connectivity index (χ1n) is 8.49. The van der Waals surface area contributed by atoms with Crippen molar-refractivity contribution in [3.8, 4) is 5.75 Å². The number of hydrogen-bond acceptors (Lipinski definition) is 5. The second-order valence-electron chi connectivity index (χ2n) is 6.10. The van der Waals surface area contributed by atoms with Crippen molar-refractivity contribution in [2.75, 3.05) is 32.6 Å². The first kappa shape index (κ1) is 22.0. The van der Waals surface area contributed by atoms with Gasteiger partial charge < -0.3 is 9.84 Å². The van der Waals surface area contributed by atoms with Crippen LogP contribution in [0.1, 0.15) is 12.0 Å². The van der Waals surface area contributed by atoms with Crippen LogP contribution in [-0.2, 0) is 16.4 Å². The zero-order valence-electron chi connectivity index (χ0n) is 15.1. The average molecular weight is 432 g/mol. The van der Waals surface area contributed by atoms with E-state index in [9.17, 15) is 8.42 Å². The fraction of sp³-hybridized carbons (Fsp3) is 0.368. The molecule has 0 radical (unpaired) electrons. The van der Waals surface area contributed by atoms with Crippen LogP contribution >= 0.6 is 23.2 Å². The van der Waals surface area contributed by atoms with Crippen molar-refractivity contribution in [1.29, 1.82) is 0 Å². The van der Waals surface area contributed by atoms with Crippen LogP contribution in [0.4, 0.5) is 0 Å². The number of nitrogens with zero attached hydrogens (tertiary/aromatic N) is 1. The van der Waals surface area contributed by atoms with Gasteiger partial charge in [-0.3, -0.25) is 4.90 Å². The third-order valence-electron chi connectivity index (χ3n) is 4.10. The van der Waals surface area contributed by atoms with Crippen molar-refractivity contribution in [3.05, 3.63) is 58.1 Å². The highest BCUT2D eigenvalue weighted by molar-refractivity contribution is 7.91. The lowest BCUT2D eigenvalue weighted by molar-refractivity contribution is 0.226. The molecule has 27 heavy (non-hydrogen) atoms. The molecule has 1 N–H and O–H groups in total. The normalized spacial score (nSPS) is 11.7. The van der Waals surface area contributed by atoms with Crippen molar-refractivity contribution in [2.24, 2.45) is 0 Å². The molecule has 0 atom stereocenters. The van der Waals surface area contributed by atoms with E-state index in [0.29, 0.717) is 41.8 Å². The molecule has 0 spiro atoms. The smallest absolute Gasteiger partial charge is 0.179 e. The van der Waals surface area contributed by atoms with Crippen LogP contribution in [0.25, 0.3) is 0 Å². The van der Waals surface area contributed by atoms with Crippen LogP contribution in [0.3, 0.4) is 0 Å². The molecule has 8 heteroatoms. The van der Waals surface area contributed by atoms with Crippen LogP contribution in [-0.4, -0.2) is 51.0 Å². The number of methoxy groups -OCH3 is 1. The summed E-state index contributed by atoms with van der Waals surface area (Å²) in [6.07, 6.45) is 0.556. The monoisotopic (exact) mass is 431 g/mol. The second kappa shape index (κ2) is 10.3. The minimum absolute atomic E-state index is 0.0348. The maximum absolute atomic E-state index is 12.7. The lowest BCUT2D eigenvalue weighted by Crippen LogP contribution is -2.30. The van der Waals surface area contributed by atoms with Crippen LogP contribution in [0.15, 0.2) is 47.4 Å². The predicted molar refractivity (Wildman–Crippen MR) is 108 cm³/mol. The Morgan fingerprint density at radius 1 is 1.07 bits per heavy atom. The van der Waals surface area contributed by atoms with Crippen LogP contribution < -0.4 is 4.74 Å². The third kappa shape index (κ3) is 6.66. The van der Waals surface area contributed by atoms with E-state index in [0.717, 1.165) is 5.56 Å². The summed E-state index contributed by atoms with van der Waals surface area (Å²) in [5, 5.41) is 10.1. The summed E-state index contributed by atoms with van der Waals surface area (Å²) in [4.78, 5) is 2.21. The molecule has 0 unspecified atom stereocenters. The summed E-state index contributed by atoms with van der Waals surface area (Å²) in [5.41, 5.74) is 0.932. The maximum atomic E-state index is 12.7. The van der Waals surface area contributed by atoms with Crippen molar-refractivity contribution in [2.45, 2.75) is 17.9 Å². The number of benzene rings is 2. The molecule has 0 fully saturated rings. The molecule has 148 valence electrons. The van der Waals surface area contributed by atoms with Crippen LogP contribution in [0.5, 0.6) is 5.75 Å². The third-order valence-corrected chi connectivity index (χ3v) is 6.53. The number of ether oxygens (including phenoxy) is 1. The minimum atomic E-state index is -3.45. The fourth-order valence-corrected chi connectivity index (χ4v) is 4.26. The van der Waals surface area contributed by atoms with E-state index in [-0.39, 0.29) is 17.3 Å². The van der Waals surface area contributed by atoms with Gasteiger partial charge in [-0.1, -0.05) is 35.3 Å². The van der Waals surface area contributed by atoms with Gasteiger partial charge in [0.05, 0.1) is 27.8 Å². The van der Waals surface area contributed by atoms with Gasteiger partial charge in [0, 0.05) is 26.2 Å². The molecule has 0 heterocycles. The Hall–Kier alpha value is -1.31. The van der Waals surface area contributed by atoms with Gasteiger partial charge in [0.25, 0.3) is 0 Å². The summed E-state index contributed by atoms with van der Waals surface area (Å²) in [6.45, 7) is 1.47. The Morgan fingerprint density at radius 2 is 1.85 bits per heavy atom. The number of sulfone groups is 1. The second-order valence-corrected chi connectivity index (χ2v) is 9.02. The molecule has 0 aliphatic rings. The number of hydrogen-bond donors (Lipinski definition) is 1. The van der Waals surface area contributed by atoms with Crippen molar-refractivity contribution in [1.82, 2.24) is 4.90 Å². The topological polar surface area (TPSA) is 66.8 Å². The molecular weight excluding hydrogens is 409 g/mol. The number of aliphatic hydroxyl groups excluding tert-OH is 1. The molecule has 0 saturated carbocycles. The highest BCUT2D eigenvalue weighted by Crippen LogP contribution is 2.23. The van der Waals surface area contributed by atoms with Crippen molar-refractivity contribution >= 4 is 33.0 Å². The fourth-order valence-electron chi connectivity index (χ4n) is 2.62. The Kier molecular flexibility index (Phi) is 8.38. The molecule has 2 rings (SSSR count). The summed E-state index contributed by atoms with van der Waals surface area (Å²) in [6, 6.07) is 11.8. The standard InChI is InChI=1S/C19H23Cl2NO4S/c1-26-16-4-2-5-17(13-16)27(24,25)11-9-22(8-3-10-23)14-15-6-7-18(20)19(21)12-15/h2,4-7,12-13,23H,3,8-11,14H2,1H3. The first-order valence-corrected chi connectivity index (χ1v) is 10.9. The van der Waals surface area contributed by atoms with E-state index in [2.05, 4.69) is 0 Å². The van der Waals surface area contributed by atoms with Gasteiger partial charge in [-0.15, -0.1) is 0 Å². The molecular formula is C19H23Cl2NO4S. The van der Waals surface area contributed by atoms with Gasteiger partial charge in [0.1, 0.15) is 5.75 Å². The van der Waals surface area contributed by atoms with Gasteiger partial charge in [-0.2, -0.15) is 0 Å². The molecule has 2 aromatic carbocycles. The van der Waals surface area contributed by atoms with Gasteiger partial charge in [-0.25, -0.2) is 8.42 Å². The first-order chi connectivity index (χ1) is 12.9. The largest absolute Gasteiger partial charge is 0.497 e. The number of halogens is 2. The van der Waals surface area contributed by atoms with Gasteiger partial charge in [0.15, 0.2) is 9.84 Å². The summed E-state index contributed by atoms with van der Waals surface area (Å²) >= 11 is 12.0.